The minimum Gasteiger partial charge on any atom is -0.370 e. The van der Waals surface area contributed by atoms with Crippen LogP contribution in [-0.4, -0.2) is 47.0 Å². The Kier molecular flexibility index (Phi) is 5.56. The summed E-state index contributed by atoms with van der Waals surface area (Å²) in [6.07, 6.45) is 5.68. The molecule has 1 saturated carbocycles. The third kappa shape index (κ3) is 4.26. The Bertz CT molecular complexity index is 1370. The molecule has 1 aliphatic rings. The van der Waals surface area contributed by atoms with E-state index in [0.29, 0.717) is 35.6 Å². The van der Waals surface area contributed by atoms with E-state index in [0.717, 1.165) is 40.9 Å². The summed E-state index contributed by atoms with van der Waals surface area (Å²) >= 11 is 0. The quantitative estimate of drug-likeness (QED) is 0.436. The highest BCUT2D eigenvalue weighted by atomic mass is 16.1. The van der Waals surface area contributed by atoms with E-state index in [1.165, 1.54) is 0 Å². The van der Waals surface area contributed by atoms with Crippen molar-refractivity contribution in [3.8, 4) is 22.6 Å². The molecule has 34 heavy (non-hydrogen) atoms. The lowest BCUT2D eigenvalue weighted by atomic mass is 10.1. The van der Waals surface area contributed by atoms with Crippen LogP contribution in [0.4, 0.5) is 11.6 Å². The first-order chi connectivity index (χ1) is 16.4. The first kappa shape index (κ1) is 21.7. The maximum Gasteiger partial charge on any atom is 0.275 e. The van der Waals surface area contributed by atoms with Crippen molar-refractivity contribution in [1.82, 2.24) is 34.5 Å². The number of rotatable bonds is 7. The molecule has 1 amide bonds. The van der Waals surface area contributed by atoms with Crippen molar-refractivity contribution < 1.29 is 4.79 Å². The molecule has 0 saturated heterocycles. The molecule has 4 heterocycles. The topological polar surface area (TPSA) is 115 Å². The van der Waals surface area contributed by atoms with E-state index in [9.17, 15) is 4.79 Å². The minimum absolute atomic E-state index is 0.281. The number of carbonyl (C=O) groups excluding carboxylic acids is 1. The molecule has 1 aliphatic carbocycles. The molecule has 10 nitrogen and oxygen atoms in total. The Labute approximate surface area is 197 Å². The number of amides is 1. The highest BCUT2D eigenvalue weighted by Gasteiger charge is 2.26. The van der Waals surface area contributed by atoms with E-state index < -0.39 is 0 Å². The molecule has 10 heteroatoms. The van der Waals surface area contributed by atoms with Gasteiger partial charge in [-0.05, 0) is 56.5 Å². The zero-order valence-electron chi connectivity index (χ0n) is 19.7. The van der Waals surface area contributed by atoms with Gasteiger partial charge in [-0.1, -0.05) is 0 Å². The van der Waals surface area contributed by atoms with E-state index >= 15 is 0 Å². The van der Waals surface area contributed by atoms with Crippen molar-refractivity contribution in [2.45, 2.75) is 32.6 Å². The number of anilines is 2. The number of hydrogen-bond acceptors (Lipinski definition) is 7. The van der Waals surface area contributed by atoms with Crippen LogP contribution in [0.1, 0.15) is 47.4 Å². The van der Waals surface area contributed by atoms with Crippen LogP contribution in [0.15, 0.2) is 36.8 Å². The fourth-order valence-corrected chi connectivity index (χ4v) is 4.05. The number of nitrogens with one attached hydrogen (secondary N) is 2. The van der Waals surface area contributed by atoms with E-state index in [-0.39, 0.29) is 5.91 Å². The van der Waals surface area contributed by atoms with Crippen molar-refractivity contribution >= 4 is 17.5 Å². The van der Waals surface area contributed by atoms with Gasteiger partial charge in [-0.3, -0.25) is 9.48 Å². The summed E-state index contributed by atoms with van der Waals surface area (Å²) in [4.78, 5) is 22.3. The van der Waals surface area contributed by atoms with Gasteiger partial charge in [-0.25, -0.2) is 9.97 Å². The van der Waals surface area contributed by atoms with Gasteiger partial charge in [0.05, 0.1) is 17.5 Å². The monoisotopic (exact) mass is 457 g/mol. The molecule has 0 spiro atoms. The van der Waals surface area contributed by atoms with Crippen LogP contribution < -0.4 is 10.6 Å². The summed E-state index contributed by atoms with van der Waals surface area (Å²) in [6.45, 7) is 4.68. The largest absolute Gasteiger partial charge is 0.370 e. The predicted octanol–water partition coefficient (Wildman–Crippen LogP) is 3.54. The van der Waals surface area contributed by atoms with E-state index in [4.69, 9.17) is 0 Å². The Balaban J connectivity index is 1.52. The van der Waals surface area contributed by atoms with Gasteiger partial charge in [0, 0.05) is 37.8 Å². The predicted molar refractivity (Wildman–Crippen MR) is 130 cm³/mol. The summed E-state index contributed by atoms with van der Waals surface area (Å²) < 4.78 is 3.63. The van der Waals surface area contributed by atoms with Crippen LogP contribution in [0.5, 0.6) is 0 Å². The maximum absolute atomic E-state index is 13.1. The van der Waals surface area contributed by atoms with Gasteiger partial charge in [-0.15, -0.1) is 10.2 Å². The van der Waals surface area contributed by atoms with Crippen LogP contribution in [0, 0.1) is 6.92 Å². The molecule has 0 atom stereocenters. The van der Waals surface area contributed by atoms with Crippen LogP contribution in [0.3, 0.4) is 0 Å². The highest BCUT2D eigenvalue weighted by molar-refractivity contribution is 6.03. The average Bonchev–Trinajstić information content (AvgIpc) is 3.46. The molecule has 4 aromatic rings. The normalized spacial score (nSPS) is 13.2. The molecule has 2 N–H and O–H groups in total. The van der Waals surface area contributed by atoms with Crippen LogP contribution in [-0.2, 0) is 14.1 Å². The SMILES string of the molecule is CCNc1cc(-c2c(-c3nncn3C)cnn2C)cc(NC(=O)c2cc(C)cc(C3CC3)n2)n1. The van der Waals surface area contributed by atoms with E-state index in [2.05, 4.69) is 42.0 Å². The lowest BCUT2D eigenvalue weighted by Crippen LogP contribution is -2.16. The first-order valence-corrected chi connectivity index (χ1v) is 11.4. The number of hydrogen-bond donors (Lipinski definition) is 2. The fraction of sp³-hybridized carbons (Fsp3) is 0.333. The Morgan fingerprint density at radius 1 is 1.12 bits per heavy atom. The Morgan fingerprint density at radius 3 is 2.62 bits per heavy atom. The zero-order valence-corrected chi connectivity index (χ0v) is 19.7. The van der Waals surface area contributed by atoms with Gasteiger partial charge in [0.25, 0.3) is 5.91 Å². The molecule has 0 aliphatic heterocycles. The molecule has 0 aromatic carbocycles. The second kappa shape index (κ2) is 8.69. The molecule has 0 bridgehead atoms. The number of aryl methyl sites for hydroxylation is 3. The lowest BCUT2D eigenvalue weighted by molar-refractivity contribution is 0.102. The summed E-state index contributed by atoms with van der Waals surface area (Å²) in [7, 11) is 3.76. The van der Waals surface area contributed by atoms with Crippen molar-refractivity contribution in [3.05, 3.63) is 53.7 Å². The van der Waals surface area contributed by atoms with E-state index in [1.807, 2.05) is 50.7 Å². The van der Waals surface area contributed by atoms with Crippen molar-refractivity contribution in [3.63, 3.8) is 0 Å². The van der Waals surface area contributed by atoms with Crippen molar-refractivity contribution in [2.24, 2.45) is 14.1 Å². The summed E-state index contributed by atoms with van der Waals surface area (Å²) in [5.74, 6) is 1.97. The number of nitrogens with zero attached hydrogens (tertiary/aromatic N) is 7. The van der Waals surface area contributed by atoms with Crippen LogP contribution in [0.25, 0.3) is 22.6 Å². The first-order valence-electron chi connectivity index (χ1n) is 11.4. The molecule has 4 aromatic heterocycles. The zero-order chi connectivity index (χ0) is 23.8. The molecule has 0 radical (unpaired) electrons. The number of pyridine rings is 2. The van der Waals surface area contributed by atoms with Gasteiger partial charge < -0.3 is 15.2 Å². The van der Waals surface area contributed by atoms with E-state index in [1.54, 1.807) is 17.2 Å². The highest BCUT2D eigenvalue weighted by Crippen LogP contribution is 2.39. The summed E-state index contributed by atoms with van der Waals surface area (Å²) in [6, 6.07) is 7.65. The minimum atomic E-state index is -0.281. The Morgan fingerprint density at radius 2 is 1.91 bits per heavy atom. The van der Waals surface area contributed by atoms with Crippen molar-refractivity contribution in [1.29, 1.82) is 0 Å². The lowest BCUT2D eigenvalue weighted by Gasteiger charge is -2.13. The molecule has 0 unspecified atom stereocenters. The van der Waals surface area contributed by atoms with Gasteiger partial charge >= 0.3 is 0 Å². The molecule has 5 rings (SSSR count). The second-order valence-electron chi connectivity index (χ2n) is 8.64. The number of carbonyl (C=O) groups is 1. The Hall–Kier alpha value is -4.08. The third-order valence-corrected chi connectivity index (χ3v) is 5.81. The van der Waals surface area contributed by atoms with Gasteiger partial charge in [0.1, 0.15) is 23.7 Å². The third-order valence-electron chi connectivity index (χ3n) is 5.81. The van der Waals surface area contributed by atoms with Gasteiger partial charge in [0.15, 0.2) is 5.82 Å². The molecule has 174 valence electrons. The molecular formula is C24H27N9O. The smallest absolute Gasteiger partial charge is 0.275 e. The second-order valence-corrected chi connectivity index (χ2v) is 8.64. The molecule has 1 fully saturated rings. The maximum atomic E-state index is 13.1. The standard InChI is InChI=1S/C24H27N9O/c1-5-25-20-10-16(22-17(12-27-33(22)4)23-31-26-13-32(23)3)11-21(29-20)30-24(34)19-9-14(2)8-18(28-19)15-6-7-15/h8-13,15H,5-7H2,1-4H3,(H2,25,29,30,34). The summed E-state index contributed by atoms with van der Waals surface area (Å²) in [5, 5.41) is 18.9. The van der Waals surface area contributed by atoms with Crippen LogP contribution in [0.2, 0.25) is 0 Å². The van der Waals surface area contributed by atoms with Gasteiger partial charge in [0.2, 0.25) is 0 Å². The number of aromatic nitrogens is 7. The average molecular weight is 458 g/mol. The van der Waals surface area contributed by atoms with Crippen molar-refractivity contribution in [2.75, 3.05) is 17.2 Å². The van der Waals surface area contributed by atoms with Crippen LogP contribution >= 0.6 is 0 Å². The fourth-order valence-electron chi connectivity index (χ4n) is 4.05. The van der Waals surface area contributed by atoms with Gasteiger partial charge in [-0.2, -0.15) is 5.10 Å². The summed E-state index contributed by atoms with van der Waals surface area (Å²) in [5.41, 5.74) is 4.94. The molecular weight excluding hydrogens is 430 g/mol.